The van der Waals surface area contributed by atoms with E-state index in [0.717, 1.165) is 28.0 Å². The zero-order valence-corrected chi connectivity index (χ0v) is 15.8. The molecule has 0 atom stereocenters. The SMILES string of the molecule is Cc1c(C=NC(=O)Nc2c3ccccc3nc3ccccc23)c(O)[nH]c(=O)c1C#N. The number of aliphatic imine (C=N–C) groups is 1. The number of pyridine rings is 2. The normalized spacial score (nSPS) is 11.1. The van der Waals surface area contributed by atoms with Crippen molar-refractivity contribution in [3.8, 4) is 11.9 Å². The molecule has 0 aliphatic rings. The molecule has 2 aromatic heterocycles. The zero-order chi connectivity index (χ0) is 21.3. The second-order valence-corrected chi connectivity index (χ2v) is 6.54. The summed E-state index contributed by atoms with van der Waals surface area (Å²) in [5, 5.41) is 23.4. The highest BCUT2D eigenvalue weighted by atomic mass is 16.3. The lowest BCUT2D eigenvalue weighted by molar-refractivity contribution is 0.260. The van der Waals surface area contributed by atoms with Crippen LogP contribution in [0, 0.1) is 18.3 Å². The number of aromatic amines is 1. The van der Waals surface area contributed by atoms with Gasteiger partial charge in [-0.15, -0.1) is 0 Å². The molecular weight excluding hydrogens is 382 g/mol. The molecule has 2 amide bonds. The van der Waals surface area contributed by atoms with E-state index in [2.05, 4.69) is 20.3 Å². The number of rotatable bonds is 2. The fourth-order valence-corrected chi connectivity index (χ4v) is 3.25. The van der Waals surface area contributed by atoms with E-state index in [1.54, 1.807) is 6.07 Å². The third-order valence-corrected chi connectivity index (χ3v) is 4.74. The number of anilines is 1. The number of hydrogen-bond donors (Lipinski definition) is 3. The lowest BCUT2D eigenvalue weighted by atomic mass is 10.1. The molecule has 0 fully saturated rings. The minimum atomic E-state index is -0.705. The molecule has 8 nitrogen and oxygen atoms in total. The summed E-state index contributed by atoms with van der Waals surface area (Å²) in [7, 11) is 0. The number of fused-ring (bicyclic) bond motifs is 2. The third-order valence-electron chi connectivity index (χ3n) is 4.74. The van der Waals surface area contributed by atoms with Gasteiger partial charge in [0.1, 0.15) is 11.6 Å². The van der Waals surface area contributed by atoms with Gasteiger partial charge in [-0.1, -0.05) is 36.4 Å². The van der Waals surface area contributed by atoms with E-state index in [9.17, 15) is 14.7 Å². The number of benzene rings is 2. The highest BCUT2D eigenvalue weighted by molar-refractivity contribution is 6.13. The molecule has 146 valence electrons. The summed E-state index contributed by atoms with van der Waals surface area (Å²) in [5.74, 6) is -0.465. The highest BCUT2D eigenvalue weighted by Crippen LogP contribution is 2.30. The minimum Gasteiger partial charge on any atom is -0.494 e. The second-order valence-electron chi connectivity index (χ2n) is 6.54. The number of aromatic hydroxyl groups is 1. The van der Waals surface area contributed by atoms with Gasteiger partial charge in [0.15, 0.2) is 0 Å². The van der Waals surface area contributed by atoms with Crippen LogP contribution >= 0.6 is 0 Å². The molecule has 0 aliphatic carbocycles. The van der Waals surface area contributed by atoms with Crippen LogP contribution in [0.2, 0.25) is 0 Å². The standard InChI is InChI=1S/C22H15N5O3/c1-12-15(10-23)20(28)27-21(29)16(12)11-24-22(30)26-19-13-6-2-4-8-17(13)25-18-9-5-3-7-14(18)19/h2-9,11H,1H3,(H,25,26,30)(H2,27,28,29). The average molecular weight is 397 g/mol. The van der Waals surface area contributed by atoms with Crippen LogP contribution in [0.5, 0.6) is 5.88 Å². The van der Waals surface area contributed by atoms with Crippen LogP contribution in [-0.2, 0) is 0 Å². The van der Waals surface area contributed by atoms with Crippen LogP contribution < -0.4 is 10.9 Å². The first-order valence-corrected chi connectivity index (χ1v) is 8.98. The first kappa shape index (κ1) is 18.8. The molecule has 4 aromatic rings. The average Bonchev–Trinajstić information content (AvgIpc) is 2.73. The van der Waals surface area contributed by atoms with Gasteiger partial charge in [-0.2, -0.15) is 5.26 Å². The molecule has 4 rings (SSSR count). The highest BCUT2D eigenvalue weighted by Gasteiger charge is 2.14. The van der Waals surface area contributed by atoms with Gasteiger partial charge in [-0.3, -0.25) is 9.78 Å². The predicted molar refractivity (Wildman–Crippen MR) is 114 cm³/mol. The summed E-state index contributed by atoms with van der Waals surface area (Å²) in [6.07, 6.45) is 1.11. The Balaban J connectivity index is 1.74. The fraction of sp³-hybridized carbons (Fsp3) is 0.0455. The molecule has 8 heteroatoms. The molecule has 0 spiro atoms. The Morgan fingerprint density at radius 1 is 1.17 bits per heavy atom. The maximum Gasteiger partial charge on any atom is 0.345 e. The van der Waals surface area contributed by atoms with Crippen LogP contribution in [0.25, 0.3) is 21.8 Å². The number of aromatic nitrogens is 2. The second kappa shape index (κ2) is 7.48. The third kappa shape index (κ3) is 3.25. The number of carbonyl (C=O) groups is 1. The molecule has 2 aromatic carbocycles. The van der Waals surface area contributed by atoms with Crippen LogP contribution in [0.1, 0.15) is 16.7 Å². The molecule has 2 heterocycles. The van der Waals surface area contributed by atoms with Crippen molar-refractivity contribution >= 4 is 39.7 Å². The van der Waals surface area contributed by atoms with Crippen LogP contribution in [0.4, 0.5) is 10.5 Å². The van der Waals surface area contributed by atoms with Crippen LogP contribution in [0.3, 0.4) is 0 Å². The van der Waals surface area contributed by atoms with Crippen LogP contribution in [0.15, 0.2) is 58.3 Å². The molecule has 3 N–H and O–H groups in total. The van der Waals surface area contributed by atoms with Gasteiger partial charge in [0, 0.05) is 17.0 Å². The van der Waals surface area contributed by atoms with Crippen molar-refractivity contribution in [1.29, 1.82) is 5.26 Å². The number of amides is 2. The van der Waals surface area contributed by atoms with Crippen molar-refractivity contribution in [2.24, 2.45) is 4.99 Å². The van der Waals surface area contributed by atoms with Gasteiger partial charge in [0.2, 0.25) is 5.88 Å². The minimum absolute atomic E-state index is 0.0887. The van der Waals surface area contributed by atoms with E-state index >= 15 is 0 Å². The van der Waals surface area contributed by atoms with Crippen molar-refractivity contribution in [3.63, 3.8) is 0 Å². The molecule has 0 aliphatic heterocycles. The molecule has 0 radical (unpaired) electrons. The number of carbonyl (C=O) groups excluding carboxylic acids is 1. The summed E-state index contributed by atoms with van der Waals surface area (Å²) in [6.45, 7) is 1.50. The van der Waals surface area contributed by atoms with Gasteiger partial charge in [0.05, 0.1) is 22.3 Å². The fourth-order valence-electron chi connectivity index (χ4n) is 3.25. The lowest BCUT2D eigenvalue weighted by Gasteiger charge is -2.10. The molecular formula is C22H15N5O3. The van der Waals surface area contributed by atoms with E-state index in [-0.39, 0.29) is 16.7 Å². The Morgan fingerprint density at radius 3 is 2.37 bits per heavy atom. The van der Waals surface area contributed by atoms with Crippen molar-refractivity contribution < 1.29 is 9.90 Å². The van der Waals surface area contributed by atoms with Gasteiger partial charge in [-0.25, -0.2) is 14.8 Å². The summed E-state index contributed by atoms with van der Waals surface area (Å²) >= 11 is 0. The number of nitrogens with one attached hydrogen (secondary N) is 2. The van der Waals surface area contributed by atoms with E-state index in [1.165, 1.54) is 6.92 Å². The molecule has 30 heavy (non-hydrogen) atoms. The predicted octanol–water partition coefficient (Wildman–Crippen LogP) is 3.61. The van der Waals surface area contributed by atoms with E-state index in [1.807, 2.05) is 48.5 Å². The van der Waals surface area contributed by atoms with Gasteiger partial charge < -0.3 is 10.4 Å². The first-order valence-electron chi connectivity index (χ1n) is 8.98. The summed E-state index contributed by atoms with van der Waals surface area (Å²) in [6, 6.07) is 15.9. The Morgan fingerprint density at radius 2 is 1.77 bits per heavy atom. The largest absolute Gasteiger partial charge is 0.494 e. The smallest absolute Gasteiger partial charge is 0.345 e. The Labute approximate surface area is 170 Å². The maximum absolute atomic E-state index is 12.6. The topological polar surface area (TPSA) is 131 Å². The Bertz CT molecular complexity index is 1390. The summed E-state index contributed by atoms with van der Waals surface area (Å²) in [4.78, 5) is 34.9. The first-order chi connectivity index (χ1) is 14.5. The van der Waals surface area contributed by atoms with Gasteiger partial charge in [-0.05, 0) is 24.6 Å². The molecule has 0 saturated carbocycles. The van der Waals surface area contributed by atoms with Crippen molar-refractivity contribution in [2.75, 3.05) is 5.32 Å². The molecule has 0 bridgehead atoms. The van der Waals surface area contributed by atoms with Crippen molar-refractivity contribution in [1.82, 2.24) is 9.97 Å². The monoisotopic (exact) mass is 397 g/mol. The molecule has 0 unspecified atom stereocenters. The quantitative estimate of drug-likeness (QED) is 0.351. The maximum atomic E-state index is 12.6. The number of nitrogens with zero attached hydrogens (tertiary/aromatic N) is 3. The number of hydrogen-bond acceptors (Lipinski definition) is 5. The van der Waals surface area contributed by atoms with Crippen LogP contribution in [-0.4, -0.2) is 27.3 Å². The van der Waals surface area contributed by atoms with E-state index in [0.29, 0.717) is 5.69 Å². The van der Waals surface area contributed by atoms with E-state index < -0.39 is 17.5 Å². The Kier molecular flexibility index (Phi) is 4.70. The number of para-hydroxylation sites is 2. The summed E-state index contributed by atoms with van der Waals surface area (Å²) < 4.78 is 0. The van der Waals surface area contributed by atoms with Crippen molar-refractivity contribution in [3.05, 3.63) is 75.6 Å². The number of urea groups is 1. The zero-order valence-electron chi connectivity index (χ0n) is 15.8. The number of H-pyrrole nitrogens is 1. The van der Waals surface area contributed by atoms with Gasteiger partial charge in [0.25, 0.3) is 5.56 Å². The Hall–Kier alpha value is -4.51. The molecule has 0 saturated heterocycles. The van der Waals surface area contributed by atoms with Crippen molar-refractivity contribution in [2.45, 2.75) is 6.92 Å². The lowest BCUT2D eigenvalue weighted by Crippen LogP contribution is -2.14. The van der Waals surface area contributed by atoms with Gasteiger partial charge >= 0.3 is 6.03 Å². The summed E-state index contributed by atoms with van der Waals surface area (Å²) in [5.41, 5.74) is 1.48. The van der Waals surface area contributed by atoms with E-state index in [4.69, 9.17) is 5.26 Å². The number of nitriles is 1.